The number of carbonyl (C=O) groups is 5. The Hall–Kier alpha value is -3.43. The number of carboxylic acids is 1. The molecular formula is C34H54N4O6. The van der Waals surface area contributed by atoms with Crippen molar-refractivity contribution in [2.24, 2.45) is 0 Å². The number of aliphatic carboxylic acids is 1. The second-order valence-electron chi connectivity index (χ2n) is 13.1. The monoisotopic (exact) mass is 614 g/mol. The molecule has 4 N–H and O–H groups in total. The maximum absolute atomic E-state index is 13.6. The molecule has 10 nitrogen and oxygen atoms in total. The van der Waals surface area contributed by atoms with Gasteiger partial charge >= 0.3 is 5.97 Å². The maximum atomic E-state index is 13.6. The van der Waals surface area contributed by atoms with Gasteiger partial charge in [-0.15, -0.1) is 0 Å². The third-order valence-electron chi connectivity index (χ3n) is 8.20. The van der Waals surface area contributed by atoms with Crippen LogP contribution < -0.4 is 16.0 Å². The summed E-state index contributed by atoms with van der Waals surface area (Å²) in [6, 6.07) is 7.02. The number of hydrogen-bond acceptors (Lipinski definition) is 5. The summed E-state index contributed by atoms with van der Waals surface area (Å²) in [7, 11) is 0. The van der Waals surface area contributed by atoms with Crippen LogP contribution in [0.1, 0.15) is 117 Å². The van der Waals surface area contributed by atoms with E-state index in [9.17, 15) is 29.1 Å². The SMILES string of the molecule is CCCCCCCCCCCC(=O)NC(C)(C)C(=O)NC(C)(C)C(=O)N1CCCC1C(=O)NC(Cc1ccccc1)C(=O)O. The molecule has 0 spiro atoms. The number of unbranched alkanes of at least 4 members (excludes halogenated alkanes) is 8. The molecule has 0 bridgehead atoms. The van der Waals surface area contributed by atoms with E-state index in [0.29, 0.717) is 25.8 Å². The quantitative estimate of drug-likeness (QED) is 0.169. The fourth-order valence-corrected chi connectivity index (χ4v) is 5.52. The third kappa shape index (κ3) is 11.9. The molecule has 1 aromatic rings. The molecule has 1 heterocycles. The van der Waals surface area contributed by atoms with E-state index in [0.717, 1.165) is 24.8 Å². The summed E-state index contributed by atoms with van der Waals surface area (Å²) >= 11 is 0. The molecule has 4 amide bonds. The summed E-state index contributed by atoms with van der Waals surface area (Å²) in [5.74, 6) is -2.87. The van der Waals surface area contributed by atoms with Crippen LogP contribution in [0.5, 0.6) is 0 Å². The van der Waals surface area contributed by atoms with Gasteiger partial charge in [-0.25, -0.2) is 4.79 Å². The Morgan fingerprint density at radius 1 is 0.864 bits per heavy atom. The fourth-order valence-electron chi connectivity index (χ4n) is 5.52. The molecule has 2 unspecified atom stereocenters. The van der Waals surface area contributed by atoms with Crippen molar-refractivity contribution in [2.45, 2.75) is 141 Å². The standard InChI is InChI=1S/C34H54N4O6/c1-6-7-8-9-10-11-12-13-17-22-28(39)36-33(2,3)31(43)37-34(4,5)32(44)38-23-18-21-27(38)29(40)35-26(30(41)42)24-25-19-15-14-16-20-25/h14-16,19-20,26-27H,6-13,17-18,21-24H2,1-5H3,(H,35,40)(H,36,39)(H,37,43)(H,41,42). The second kappa shape index (κ2) is 17.8. The van der Waals surface area contributed by atoms with Crippen molar-refractivity contribution in [2.75, 3.05) is 6.54 Å². The van der Waals surface area contributed by atoms with Crippen LogP contribution in [0.25, 0.3) is 0 Å². The number of likely N-dealkylation sites (tertiary alicyclic amines) is 1. The van der Waals surface area contributed by atoms with Crippen molar-refractivity contribution in [3.8, 4) is 0 Å². The molecule has 1 aromatic carbocycles. The van der Waals surface area contributed by atoms with Gasteiger partial charge in [-0.3, -0.25) is 19.2 Å². The zero-order chi connectivity index (χ0) is 32.8. The first-order valence-electron chi connectivity index (χ1n) is 16.3. The zero-order valence-electron chi connectivity index (χ0n) is 27.4. The third-order valence-corrected chi connectivity index (χ3v) is 8.20. The Kier molecular flexibility index (Phi) is 14.8. The minimum atomic E-state index is -1.37. The largest absolute Gasteiger partial charge is 0.480 e. The smallest absolute Gasteiger partial charge is 0.326 e. The van der Waals surface area contributed by atoms with Gasteiger partial charge in [0.1, 0.15) is 23.2 Å². The number of benzene rings is 1. The summed E-state index contributed by atoms with van der Waals surface area (Å²) in [4.78, 5) is 65.9. The second-order valence-corrected chi connectivity index (χ2v) is 13.1. The van der Waals surface area contributed by atoms with Crippen LogP contribution in [0, 0.1) is 0 Å². The molecule has 0 aromatic heterocycles. The van der Waals surface area contributed by atoms with Crippen LogP contribution in [0.15, 0.2) is 30.3 Å². The van der Waals surface area contributed by atoms with Crippen molar-refractivity contribution < 1.29 is 29.1 Å². The lowest BCUT2D eigenvalue weighted by molar-refractivity contribution is -0.147. The predicted molar refractivity (Wildman–Crippen MR) is 171 cm³/mol. The number of nitrogens with one attached hydrogen (secondary N) is 3. The van der Waals surface area contributed by atoms with E-state index in [1.165, 1.54) is 43.4 Å². The first-order valence-corrected chi connectivity index (χ1v) is 16.3. The van der Waals surface area contributed by atoms with Gasteiger partial charge in [0.15, 0.2) is 0 Å². The van der Waals surface area contributed by atoms with Crippen molar-refractivity contribution in [3.63, 3.8) is 0 Å². The summed E-state index contributed by atoms with van der Waals surface area (Å²) < 4.78 is 0. The molecule has 2 atom stereocenters. The van der Waals surface area contributed by atoms with Crippen molar-refractivity contribution in [3.05, 3.63) is 35.9 Å². The van der Waals surface area contributed by atoms with E-state index in [-0.39, 0.29) is 12.3 Å². The Labute approximate surface area is 263 Å². The lowest BCUT2D eigenvalue weighted by atomic mass is 9.97. The van der Waals surface area contributed by atoms with Gasteiger partial charge in [0.2, 0.25) is 23.6 Å². The molecule has 2 rings (SSSR count). The zero-order valence-corrected chi connectivity index (χ0v) is 27.4. The van der Waals surface area contributed by atoms with Crippen LogP contribution >= 0.6 is 0 Å². The number of carbonyl (C=O) groups excluding carboxylic acids is 4. The van der Waals surface area contributed by atoms with Gasteiger partial charge in [0, 0.05) is 19.4 Å². The molecule has 1 aliphatic heterocycles. The van der Waals surface area contributed by atoms with Gasteiger partial charge in [0.25, 0.3) is 0 Å². The van der Waals surface area contributed by atoms with E-state index in [1.807, 2.05) is 6.07 Å². The molecular weight excluding hydrogens is 560 g/mol. The van der Waals surface area contributed by atoms with Crippen LogP contribution in [-0.2, 0) is 30.4 Å². The van der Waals surface area contributed by atoms with Crippen LogP contribution in [0.4, 0.5) is 0 Å². The minimum Gasteiger partial charge on any atom is -0.480 e. The van der Waals surface area contributed by atoms with E-state index < -0.39 is 46.9 Å². The van der Waals surface area contributed by atoms with Gasteiger partial charge < -0.3 is 26.0 Å². The highest BCUT2D eigenvalue weighted by Gasteiger charge is 2.44. The summed E-state index contributed by atoms with van der Waals surface area (Å²) in [5.41, 5.74) is -1.84. The lowest BCUT2D eigenvalue weighted by Gasteiger charge is -2.36. The van der Waals surface area contributed by atoms with Crippen molar-refractivity contribution >= 4 is 29.6 Å². The summed E-state index contributed by atoms with van der Waals surface area (Å²) in [6.07, 6.45) is 11.7. The lowest BCUT2D eigenvalue weighted by Crippen LogP contribution is -2.64. The predicted octanol–water partition coefficient (Wildman–Crippen LogP) is 4.50. The highest BCUT2D eigenvalue weighted by molar-refractivity contribution is 5.98. The molecule has 1 fully saturated rings. The van der Waals surface area contributed by atoms with Crippen LogP contribution in [-0.4, -0.2) is 69.3 Å². The van der Waals surface area contributed by atoms with Crippen molar-refractivity contribution in [1.82, 2.24) is 20.9 Å². The van der Waals surface area contributed by atoms with Crippen molar-refractivity contribution in [1.29, 1.82) is 0 Å². The number of amides is 4. The van der Waals surface area contributed by atoms with E-state index >= 15 is 0 Å². The molecule has 0 radical (unpaired) electrons. The molecule has 44 heavy (non-hydrogen) atoms. The molecule has 0 saturated carbocycles. The number of hydrogen-bond donors (Lipinski definition) is 4. The normalized spacial score (nSPS) is 15.8. The van der Waals surface area contributed by atoms with Gasteiger partial charge in [0.05, 0.1) is 0 Å². The number of carboxylic acid groups (broad SMARTS) is 1. The first-order chi connectivity index (χ1) is 20.8. The van der Waals surface area contributed by atoms with E-state index in [4.69, 9.17) is 0 Å². The van der Waals surface area contributed by atoms with E-state index in [1.54, 1.807) is 52.0 Å². The average Bonchev–Trinajstić information content (AvgIpc) is 3.45. The average molecular weight is 615 g/mol. The summed E-state index contributed by atoms with van der Waals surface area (Å²) in [5, 5.41) is 17.9. The van der Waals surface area contributed by atoms with Crippen LogP contribution in [0.3, 0.4) is 0 Å². The topological polar surface area (TPSA) is 145 Å². The first kappa shape index (κ1) is 36.8. The minimum absolute atomic E-state index is 0.115. The number of nitrogens with zero attached hydrogens (tertiary/aromatic N) is 1. The molecule has 246 valence electrons. The maximum Gasteiger partial charge on any atom is 0.326 e. The number of rotatable bonds is 19. The Balaban J connectivity index is 1.88. The Morgan fingerprint density at radius 2 is 1.45 bits per heavy atom. The van der Waals surface area contributed by atoms with Gasteiger partial charge in [-0.1, -0.05) is 88.6 Å². The van der Waals surface area contributed by atoms with Crippen LogP contribution in [0.2, 0.25) is 0 Å². The molecule has 1 aliphatic rings. The Bertz CT molecular complexity index is 1100. The van der Waals surface area contributed by atoms with Gasteiger partial charge in [-0.2, -0.15) is 0 Å². The highest BCUT2D eigenvalue weighted by atomic mass is 16.4. The highest BCUT2D eigenvalue weighted by Crippen LogP contribution is 2.23. The van der Waals surface area contributed by atoms with Gasteiger partial charge in [-0.05, 0) is 52.5 Å². The molecule has 0 aliphatic carbocycles. The molecule has 1 saturated heterocycles. The fraction of sp³-hybridized carbons (Fsp3) is 0.676. The molecule has 10 heteroatoms. The van der Waals surface area contributed by atoms with E-state index in [2.05, 4.69) is 22.9 Å². The summed E-state index contributed by atoms with van der Waals surface area (Å²) in [6.45, 7) is 8.85. The Morgan fingerprint density at radius 3 is 2.05 bits per heavy atom.